The van der Waals surface area contributed by atoms with Crippen molar-refractivity contribution in [2.45, 2.75) is 26.1 Å². The fourth-order valence-corrected chi connectivity index (χ4v) is 3.86. The van der Waals surface area contributed by atoms with Crippen LogP contribution in [0.1, 0.15) is 25.2 Å². The second-order valence-corrected chi connectivity index (χ2v) is 8.77. The van der Waals surface area contributed by atoms with E-state index < -0.39 is 29.5 Å². The summed E-state index contributed by atoms with van der Waals surface area (Å²) in [6.07, 6.45) is 0. The van der Waals surface area contributed by atoms with Gasteiger partial charge < -0.3 is 24.1 Å². The van der Waals surface area contributed by atoms with Gasteiger partial charge in [-0.2, -0.15) is 4.98 Å². The first-order chi connectivity index (χ1) is 17.5. The van der Waals surface area contributed by atoms with E-state index in [1.54, 1.807) is 0 Å². The van der Waals surface area contributed by atoms with Crippen LogP contribution < -0.4 is 24.6 Å². The molecule has 37 heavy (non-hydrogen) atoms. The predicted molar refractivity (Wildman–Crippen MR) is 130 cm³/mol. The van der Waals surface area contributed by atoms with Gasteiger partial charge in [-0.3, -0.25) is 4.98 Å². The third-order valence-electron chi connectivity index (χ3n) is 5.46. The van der Waals surface area contributed by atoms with Gasteiger partial charge in [-0.05, 0) is 26.0 Å². The first-order valence-electron chi connectivity index (χ1n) is 10.8. The molecule has 2 aromatic carbocycles. The molecule has 0 unspecified atom stereocenters. The molecule has 0 radical (unpaired) electrons. The van der Waals surface area contributed by atoms with E-state index in [9.17, 15) is 18.7 Å². The lowest BCUT2D eigenvalue weighted by Gasteiger charge is -2.17. The van der Waals surface area contributed by atoms with Crippen molar-refractivity contribution in [3.8, 4) is 28.8 Å². The highest BCUT2D eigenvalue weighted by Crippen LogP contribution is 2.37. The SMILES string of the molecule is COc1cc(Cl)c(-n2c(=O)[nH]c3c(OC)nc(C(C)(C)O)nc32)cc1OCc1c(OC)ccc(F)c1F. The van der Waals surface area contributed by atoms with Gasteiger partial charge in [0.2, 0.25) is 5.88 Å². The number of nitrogens with zero attached hydrogens (tertiary/aromatic N) is 3. The number of aromatic nitrogens is 4. The maximum Gasteiger partial charge on any atom is 0.332 e. The number of ether oxygens (including phenoxy) is 4. The Balaban J connectivity index is 1.87. The third-order valence-corrected chi connectivity index (χ3v) is 5.77. The lowest BCUT2D eigenvalue weighted by Crippen LogP contribution is -2.21. The fraction of sp³-hybridized carbons (Fsp3) is 0.292. The van der Waals surface area contributed by atoms with Gasteiger partial charge in [0.25, 0.3) is 0 Å². The summed E-state index contributed by atoms with van der Waals surface area (Å²) in [6.45, 7) is 2.54. The van der Waals surface area contributed by atoms with Gasteiger partial charge >= 0.3 is 5.69 Å². The molecule has 0 aliphatic heterocycles. The molecular formula is C24H23ClF2N4O6. The Bertz CT molecular complexity index is 1550. The highest BCUT2D eigenvalue weighted by atomic mass is 35.5. The molecule has 0 saturated heterocycles. The zero-order valence-corrected chi connectivity index (χ0v) is 21.2. The van der Waals surface area contributed by atoms with Crippen molar-refractivity contribution in [2.75, 3.05) is 21.3 Å². The van der Waals surface area contributed by atoms with E-state index in [0.29, 0.717) is 0 Å². The second-order valence-electron chi connectivity index (χ2n) is 8.37. The number of benzene rings is 2. The monoisotopic (exact) mass is 536 g/mol. The Kier molecular flexibility index (Phi) is 6.98. The molecule has 4 rings (SSSR count). The molecule has 0 atom stereocenters. The zero-order chi connectivity index (χ0) is 27.1. The van der Waals surface area contributed by atoms with E-state index in [-0.39, 0.29) is 56.4 Å². The summed E-state index contributed by atoms with van der Waals surface area (Å²) >= 11 is 6.50. The smallest absolute Gasteiger partial charge is 0.332 e. The second kappa shape index (κ2) is 9.87. The van der Waals surface area contributed by atoms with Crippen molar-refractivity contribution >= 4 is 22.8 Å². The Morgan fingerprint density at radius 3 is 2.38 bits per heavy atom. The van der Waals surface area contributed by atoms with Crippen molar-refractivity contribution in [3.63, 3.8) is 0 Å². The summed E-state index contributed by atoms with van der Waals surface area (Å²) in [6, 6.07) is 5.00. The Hall–Kier alpha value is -3.90. The number of fused-ring (bicyclic) bond motifs is 1. The van der Waals surface area contributed by atoms with Crippen LogP contribution in [0.25, 0.3) is 16.9 Å². The number of H-pyrrole nitrogens is 1. The lowest BCUT2D eigenvalue weighted by molar-refractivity contribution is 0.0683. The Morgan fingerprint density at radius 1 is 1.05 bits per heavy atom. The molecule has 2 N–H and O–H groups in total. The van der Waals surface area contributed by atoms with Crippen LogP contribution in [0.2, 0.25) is 5.02 Å². The maximum atomic E-state index is 14.5. The molecule has 13 heteroatoms. The quantitative estimate of drug-likeness (QED) is 0.348. The van der Waals surface area contributed by atoms with E-state index >= 15 is 0 Å². The zero-order valence-electron chi connectivity index (χ0n) is 20.5. The fourth-order valence-electron chi connectivity index (χ4n) is 3.62. The molecule has 0 amide bonds. The minimum Gasteiger partial charge on any atom is -0.496 e. The number of hydrogen-bond donors (Lipinski definition) is 2. The molecule has 0 aliphatic carbocycles. The van der Waals surface area contributed by atoms with Crippen LogP contribution in [0.5, 0.6) is 23.1 Å². The molecule has 196 valence electrons. The van der Waals surface area contributed by atoms with Crippen LogP contribution in [-0.4, -0.2) is 46.0 Å². The van der Waals surface area contributed by atoms with Crippen molar-refractivity contribution < 1.29 is 32.8 Å². The Morgan fingerprint density at radius 2 is 1.76 bits per heavy atom. The van der Waals surface area contributed by atoms with Gasteiger partial charge in [-0.25, -0.2) is 23.1 Å². The van der Waals surface area contributed by atoms with Crippen LogP contribution in [0.3, 0.4) is 0 Å². The van der Waals surface area contributed by atoms with Crippen LogP contribution >= 0.6 is 11.6 Å². The van der Waals surface area contributed by atoms with Crippen molar-refractivity contribution in [1.82, 2.24) is 19.5 Å². The van der Waals surface area contributed by atoms with E-state index in [4.69, 9.17) is 30.5 Å². The molecular weight excluding hydrogens is 514 g/mol. The minimum atomic E-state index is -1.45. The number of imidazole rings is 1. The van der Waals surface area contributed by atoms with Crippen LogP contribution in [0.4, 0.5) is 8.78 Å². The van der Waals surface area contributed by atoms with E-state index in [0.717, 1.165) is 10.6 Å². The minimum absolute atomic E-state index is 0.000572. The number of aliphatic hydroxyl groups is 1. The first-order valence-corrected chi connectivity index (χ1v) is 11.2. The number of hydrogen-bond acceptors (Lipinski definition) is 8. The molecule has 0 spiro atoms. The Labute approximate surface area is 214 Å². The maximum absolute atomic E-state index is 14.5. The largest absolute Gasteiger partial charge is 0.496 e. The highest BCUT2D eigenvalue weighted by Gasteiger charge is 2.26. The van der Waals surface area contributed by atoms with E-state index in [2.05, 4.69) is 15.0 Å². The van der Waals surface area contributed by atoms with E-state index in [1.807, 2.05) is 0 Å². The summed E-state index contributed by atoms with van der Waals surface area (Å²) < 4.78 is 50.9. The van der Waals surface area contributed by atoms with Gasteiger partial charge in [0, 0.05) is 12.1 Å². The van der Waals surface area contributed by atoms with Gasteiger partial charge in [0.1, 0.15) is 23.5 Å². The number of methoxy groups -OCH3 is 3. The predicted octanol–water partition coefficient (Wildman–Crippen LogP) is 3.87. The third kappa shape index (κ3) is 4.77. The normalized spacial score (nSPS) is 11.6. The summed E-state index contributed by atoms with van der Waals surface area (Å²) in [5, 5.41) is 10.5. The number of rotatable bonds is 8. The molecule has 2 aromatic heterocycles. The van der Waals surface area contributed by atoms with Crippen molar-refractivity contribution in [2.24, 2.45) is 0 Å². The summed E-state index contributed by atoms with van der Waals surface area (Å²) in [5.41, 5.74) is -1.87. The number of aromatic amines is 1. The first kappa shape index (κ1) is 26.2. The van der Waals surface area contributed by atoms with Crippen LogP contribution in [0, 0.1) is 11.6 Å². The van der Waals surface area contributed by atoms with Crippen LogP contribution in [-0.2, 0) is 12.2 Å². The molecule has 0 aliphatic rings. The van der Waals surface area contributed by atoms with Gasteiger partial charge in [-0.15, -0.1) is 0 Å². The van der Waals surface area contributed by atoms with Gasteiger partial charge in [0.05, 0.1) is 37.6 Å². The van der Waals surface area contributed by atoms with Crippen molar-refractivity contribution in [1.29, 1.82) is 0 Å². The van der Waals surface area contributed by atoms with Gasteiger partial charge in [0.15, 0.2) is 34.6 Å². The topological polar surface area (TPSA) is 121 Å². The molecule has 0 saturated carbocycles. The molecule has 4 aromatic rings. The van der Waals surface area contributed by atoms with E-state index in [1.165, 1.54) is 53.4 Å². The summed E-state index contributed by atoms with van der Waals surface area (Å²) in [7, 11) is 4.05. The standard InChI is InChI=1S/C24H23ClF2N4O6/c1-24(2,33)22-29-20-19(21(30-22)36-5)28-23(32)31(20)14-9-17(16(35-4)8-12(14)25)37-10-11-15(34-3)7-6-13(26)18(11)27/h6-9,33H,10H2,1-5H3,(H,28,32). The summed E-state index contributed by atoms with van der Waals surface area (Å²) in [4.78, 5) is 24.2. The average Bonchev–Trinajstić information content (AvgIpc) is 3.19. The molecule has 2 heterocycles. The highest BCUT2D eigenvalue weighted by molar-refractivity contribution is 6.32. The number of halogens is 3. The average molecular weight is 537 g/mol. The summed E-state index contributed by atoms with van der Waals surface area (Å²) in [5.74, 6) is -1.83. The van der Waals surface area contributed by atoms with Gasteiger partial charge in [-0.1, -0.05) is 11.6 Å². The van der Waals surface area contributed by atoms with Crippen molar-refractivity contribution in [3.05, 3.63) is 62.8 Å². The molecule has 10 nitrogen and oxygen atoms in total. The lowest BCUT2D eigenvalue weighted by atomic mass is 10.1. The molecule has 0 fully saturated rings. The molecule has 0 bridgehead atoms. The van der Waals surface area contributed by atoms with Crippen LogP contribution in [0.15, 0.2) is 29.1 Å². The number of nitrogens with one attached hydrogen (secondary N) is 1.